The van der Waals surface area contributed by atoms with Gasteiger partial charge in [-0.2, -0.15) is 5.26 Å². The van der Waals surface area contributed by atoms with Crippen molar-refractivity contribution in [3.05, 3.63) is 30.1 Å². The summed E-state index contributed by atoms with van der Waals surface area (Å²) in [6, 6.07) is 4.76. The van der Waals surface area contributed by atoms with Crippen LogP contribution in [-0.2, 0) is 9.53 Å². The third kappa shape index (κ3) is 3.49. The van der Waals surface area contributed by atoms with Crippen LogP contribution in [0.3, 0.4) is 0 Å². The molecule has 1 heterocycles. The van der Waals surface area contributed by atoms with E-state index < -0.39 is 24.3 Å². The molecule has 0 saturated carbocycles. The Morgan fingerprint density at radius 1 is 1.61 bits per heavy atom. The Balaban J connectivity index is 2.57. The number of ketones is 1. The highest BCUT2D eigenvalue weighted by Gasteiger charge is 2.21. The van der Waals surface area contributed by atoms with Gasteiger partial charge in [0.15, 0.2) is 12.4 Å². The maximum absolute atomic E-state index is 11.5. The van der Waals surface area contributed by atoms with Crippen molar-refractivity contribution in [2.24, 2.45) is 5.92 Å². The second-order valence-electron chi connectivity index (χ2n) is 3.53. The number of carbonyl (C=O) groups excluding carboxylic acids is 2. The van der Waals surface area contributed by atoms with Crippen LogP contribution in [0.4, 0.5) is 0 Å². The van der Waals surface area contributed by atoms with Gasteiger partial charge in [0.2, 0.25) is 0 Å². The molecule has 6 nitrogen and oxygen atoms in total. The number of carbonyl (C=O) groups is 2. The topological polar surface area (TPSA) is 104 Å². The summed E-state index contributed by atoms with van der Waals surface area (Å²) in [7, 11) is 0. The first-order valence-electron chi connectivity index (χ1n) is 5.10. The van der Waals surface area contributed by atoms with Crippen molar-refractivity contribution in [3.63, 3.8) is 0 Å². The summed E-state index contributed by atoms with van der Waals surface area (Å²) in [6.45, 7) is 0.830. The van der Waals surface area contributed by atoms with Crippen LogP contribution in [0, 0.1) is 22.7 Å². The van der Waals surface area contributed by atoms with Crippen molar-refractivity contribution in [1.29, 1.82) is 10.7 Å². The molecule has 0 fully saturated rings. The zero-order valence-corrected chi connectivity index (χ0v) is 9.71. The van der Waals surface area contributed by atoms with Crippen molar-refractivity contribution in [1.82, 2.24) is 4.98 Å². The molecule has 0 spiro atoms. The number of nitriles is 1. The molecule has 1 aromatic heterocycles. The third-order valence-corrected chi connectivity index (χ3v) is 2.13. The summed E-state index contributed by atoms with van der Waals surface area (Å²) in [5.41, 5.74) is 0.158. The van der Waals surface area contributed by atoms with Crippen molar-refractivity contribution in [2.45, 2.75) is 6.92 Å². The fourth-order valence-corrected chi connectivity index (χ4v) is 1.20. The number of hydrogen-bond acceptors (Lipinski definition) is 6. The third-order valence-electron chi connectivity index (χ3n) is 2.13. The largest absolute Gasteiger partial charge is 0.454 e. The van der Waals surface area contributed by atoms with Crippen LogP contribution < -0.4 is 0 Å². The van der Waals surface area contributed by atoms with Gasteiger partial charge in [-0.1, -0.05) is 0 Å². The highest BCUT2D eigenvalue weighted by molar-refractivity contribution is 6.06. The lowest BCUT2D eigenvalue weighted by Gasteiger charge is -2.07. The highest BCUT2D eigenvalue weighted by atomic mass is 16.5. The molecule has 0 aliphatic rings. The Morgan fingerprint density at radius 3 is 2.83 bits per heavy atom. The molecular formula is C12H11N3O3. The van der Waals surface area contributed by atoms with Crippen LogP contribution >= 0.6 is 0 Å². The smallest absolute Gasteiger partial charge is 0.340 e. The van der Waals surface area contributed by atoms with Gasteiger partial charge in [0, 0.05) is 18.1 Å². The standard InChI is InChI=1S/C12H11N3O3/c1-8(14)10(5-13)11(16)7-18-12(17)9-3-2-4-15-6-9/h2-4,6,10,14H,7H2,1H3. The van der Waals surface area contributed by atoms with Crippen molar-refractivity contribution >= 4 is 17.5 Å². The zero-order valence-electron chi connectivity index (χ0n) is 9.71. The molecule has 1 unspecified atom stereocenters. The highest BCUT2D eigenvalue weighted by Crippen LogP contribution is 2.03. The number of rotatable bonds is 5. The van der Waals surface area contributed by atoms with Crippen LogP contribution in [0.15, 0.2) is 24.5 Å². The van der Waals surface area contributed by atoms with Gasteiger partial charge in [-0.25, -0.2) is 4.79 Å². The molecule has 1 rings (SSSR count). The first kappa shape index (κ1) is 13.5. The predicted molar refractivity (Wildman–Crippen MR) is 62.0 cm³/mol. The van der Waals surface area contributed by atoms with E-state index >= 15 is 0 Å². The Morgan fingerprint density at radius 2 is 2.33 bits per heavy atom. The van der Waals surface area contributed by atoms with Gasteiger partial charge in [0.25, 0.3) is 0 Å². The Bertz CT molecular complexity index is 505. The molecule has 0 radical (unpaired) electrons. The van der Waals surface area contributed by atoms with E-state index in [1.54, 1.807) is 12.1 Å². The van der Waals surface area contributed by atoms with Gasteiger partial charge in [0.1, 0.15) is 5.92 Å². The lowest BCUT2D eigenvalue weighted by molar-refractivity contribution is -0.122. The number of ether oxygens (including phenoxy) is 1. The normalized spacial score (nSPS) is 11.1. The maximum atomic E-state index is 11.5. The summed E-state index contributed by atoms with van der Waals surface area (Å²) in [4.78, 5) is 26.7. The van der Waals surface area contributed by atoms with Gasteiger partial charge in [-0.05, 0) is 19.1 Å². The van der Waals surface area contributed by atoms with E-state index in [4.69, 9.17) is 15.4 Å². The van der Waals surface area contributed by atoms with Gasteiger partial charge >= 0.3 is 5.97 Å². The monoisotopic (exact) mass is 245 g/mol. The second kappa shape index (κ2) is 6.25. The van der Waals surface area contributed by atoms with Crippen LogP contribution in [0.5, 0.6) is 0 Å². The second-order valence-corrected chi connectivity index (χ2v) is 3.53. The van der Waals surface area contributed by atoms with Crippen molar-refractivity contribution < 1.29 is 14.3 Å². The summed E-state index contributed by atoms with van der Waals surface area (Å²) in [6.07, 6.45) is 2.82. The zero-order chi connectivity index (χ0) is 13.5. The predicted octanol–water partition coefficient (Wildman–Crippen LogP) is 0.987. The van der Waals surface area contributed by atoms with E-state index in [9.17, 15) is 9.59 Å². The van der Waals surface area contributed by atoms with E-state index in [1.807, 2.05) is 0 Å². The molecule has 6 heteroatoms. The van der Waals surface area contributed by atoms with Crippen LogP contribution in [-0.4, -0.2) is 29.1 Å². The summed E-state index contributed by atoms with van der Waals surface area (Å²) in [5.74, 6) is -2.45. The lowest BCUT2D eigenvalue weighted by atomic mass is 10.0. The molecule has 1 aromatic rings. The quantitative estimate of drug-likeness (QED) is 0.615. The van der Waals surface area contributed by atoms with Gasteiger partial charge in [-0.3, -0.25) is 9.78 Å². The van der Waals surface area contributed by atoms with E-state index in [0.29, 0.717) is 0 Å². The van der Waals surface area contributed by atoms with Crippen LogP contribution in [0.25, 0.3) is 0 Å². The molecule has 0 saturated heterocycles. The van der Waals surface area contributed by atoms with E-state index in [2.05, 4.69) is 4.98 Å². The first-order valence-corrected chi connectivity index (χ1v) is 5.10. The van der Waals surface area contributed by atoms with Gasteiger partial charge in [0.05, 0.1) is 11.6 Å². The molecule has 1 N–H and O–H groups in total. The number of esters is 1. The molecule has 92 valence electrons. The van der Waals surface area contributed by atoms with Crippen LogP contribution in [0.1, 0.15) is 17.3 Å². The Labute approximate surface area is 104 Å². The minimum Gasteiger partial charge on any atom is -0.454 e. The molecule has 0 bridgehead atoms. The molecule has 1 atom stereocenters. The number of pyridine rings is 1. The minimum absolute atomic E-state index is 0.0695. The van der Waals surface area contributed by atoms with E-state index in [-0.39, 0.29) is 11.3 Å². The number of Topliss-reactive ketones (excluding diaryl/α,β-unsaturated/α-hetero) is 1. The van der Waals surface area contributed by atoms with E-state index in [1.165, 1.54) is 25.4 Å². The van der Waals surface area contributed by atoms with E-state index in [0.717, 1.165) is 0 Å². The molecular weight excluding hydrogens is 234 g/mol. The molecule has 0 aliphatic heterocycles. The summed E-state index contributed by atoms with van der Waals surface area (Å²) in [5, 5.41) is 15.9. The molecule has 0 amide bonds. The Kier molecular flexibility index (Phi) is 4.69. The summed E-state index contributed by atoms with van der Waals surface area (Å²) < 4.78 is 4.75. The fraction of sp³-hybridized carbons (Fsp3) is 0.250. The number of aromatic nitrogens is 1. The average Bonchev–Trinajstić information content (AvgIpc) is 2.37. The van der Waals surface area contributed by atoms with Crippen molar-refractivity contribution in [2.75, 3.05) is 6.61 Å². The molecule has 0 aromatic carbocycles. The van der Waals surface area contributed by atoms with Gasteiger partial charge in [-0.15, -0.1) is 0 Å². The number of nitrogens with zero attached hydrogens (tertiary/aromatic N) is 2. The fourth-order valence-electron chi connectivity index (χ4n) is 1.20. The number of hydrogen-bond donors (Lipinski definition) is 1. The van der Waals surface area contributed by atoms with Crippen molar-refractivity contribution in [3.8, 4) is 6.07 Å². The summed E-state index contributed by atoms with van der Waals surface area (Å²) >= 11 is 0. The molecule has 0 aliphatic carbocycles. The Hall–Kier alpha value is -2.55. The number of nitrogens with one attached hydrogen (secondary N) is 1. The maximum Gasteiger partial charge on any atom is 0.340 e. The molecule has 18 heavy (non-hydrogen) atoms. The minimum atomic E-state index is -1.16. The first-order chi connectivity index (χ1) is 8.56. The average molecular weight is 245 g/mol. The lowest BCUT2D eigenvalue weighted by Crippen LogP contribution is -2.25. The SMILES string of the molecule is CC(=N)C(C#N)C(=O)COC(=O)c1cccnc1. The van der Waals surface area contributed by atoms with Crippen LogP contribution in [0.2, 0.25) is 0 Å². The van der Waals surface area contributed by atoms with Gasteiger partial charge < -0.3 is 10.1 Å².